The lowest BCUT2D eigenvalue weighted by Gasteiger charge is -2.32. The molecule has 18 heavy (non-hydrogen) atoms. The zero-order valence-electron chi connectivity index (χ0n) is 10.5. The van der Waals surface area contributed by atoms with Crippen LogP contribution in [0.2, 0.25) is 0 Å². The van der Waals surface area contributed by atoms with Gasteiger partial charge in [-0.25, -0.2) is 9.18 Å². The first-order valence-electron chi connectivity index (χ1n) is 6.04. The van der Waals surface area contributed by atoms with Crippen molar-refractivity contribution >= 4 is 11.8 Å². The number of anilines is 1. The highest BCUT2D eigenvalue weighted by atomic mass is 19.1. The Labute approximate surface area is 106 Å². The summed E-state index contributed by atoms with van der Waals surface area (Å²) in [6.07, 6.45) is 1.17. The van der Waals surface area contributed by atoms with Crippen LogP contribution in [0.15, 0.2) is 18.2 Å². The topological polar surface area (TPSA) is 50.4 Å². The van der Waals surface area contributed by atoms with Gasteiger partial charge in [-0.05, 0) is 31.0 Å². The fourth-order valence-electron chi connectivity index (χ4n) is 2.25. The van der Waals surface area contributed by atoms with Crippen molar-refractivity contribution < 1.29 is 13.9 Å². The normalized spacial score (nSPS) is 21.7. The molecule has 1 heterocycles. The van der Waals surface area contributed by atoms with E-state index in [1.54, 1.807) is 6.07 Å². The van der Waals surface area contributed by atoms with E-state index in [0.29, 0.717) is 0 Å². The lowest BCUT2D eigenvalue weighted by atomic mass is 9.92. The monoisotopic (exact) mass is 252 g/mol. The molecule has 0 saturated carbocycles. The molecule has 0 spiro atoms. The second kappa shape index (κ2) is 5.25. The molecule has 0 saturated heterocycles. The Morgan fingerprint density at radius 2 is 2.39 bits per heavy atom. The van der Waals surface area contributed by atoms with Crippen molar-refractivity contribution in [3.05, 3.63) is 29.6 Å². The van der Waals surface area contributed by atoms with Gasteiger partial charge in [0, 0.05) is 17.3 Å². The van der Waals surface area contributed by atoms with Gasteiger partial charge in [-0.15, -0.1) is 0 Å². The Morgan fingerprint density at radius 3 is 3.06 bits per heavy atom. The Balaban J connectivity index is 2.28. The molecule has 1 aromatic rings. The summed E-state index contributed by atoms with van der Waals surface area (Å²) in [6, 6.07) is 4.63. The van der Waals surface area contributed by atoms with Crippen molar-refractivity contribution in [2.24, 2.45) is 0 Å². The summed E-state index contributed by atoms with van der Waals surface area (Å²) in [7, 11) is 1.32. The van der Waals surface area contributed by atoms with Crippen LogP contribution in [0.25, 0.3) is 0 Å². The quantitative estimate of drug-likeness (QED) is 0.851. The number of carbonyl (C=O) groups excluding carboxylic acids is 1. The highest BCUT2D eigenvalue weighted by molar-refractivity contribution is 5.69. The summed E-state index contributed by atoms with van der Waals surface area (Å²) in [5.41, 5.74) is 1.64. The van der Waals surface area contributed by atoms with Gasteiger partial charge in [0.1, 0.15) is 5.82 Å². The zero-order valence-corrected chi connectivity index (χ0v) is 10.5. The van der Waals surface area contributed by atoms with Crippen molar-refractivity contribution in [2.75, 3.05) is 12.4 Å². The number of amides is 1. The summed E-state index contributed by atoms with van der Waals surface area (Å²) in [4.78, 5) is 11.3. The number of fused-ring (bicyclic) bond motifs is 1. The lowest BCUT2D eigenvalue weighted by Crippen LogP contribution is -2.37. The van der Waals surface area contributed by atoms with Crippen LogP contribution in [0.4, 0.5) is 14.9 Å². The highest BCUT2D eigenvalue weighted by Gasteiger charge is 2.27. The van der Waals surface area contributed by atoms with Crippen molar-refractivity contribution in [1.82, 2.24) is 5.32 Å². The number of alkyl carbamates (subject to hydrolysis) is 1. The van der Waals surface area contributed by atoms with Gasteiger partial charge < -0.3 is 15.4 Å². The molecule has 4 nitrogen and oxygen atoms in total. The Hall–Kier alpha value is -1.78. The Kier molecular flexibility index (Phi) is 3.69. The van der Waals surface area contributed by atoms with E-state index in [-0.39, 0.29) is 17.9 Å². The smallest absolute Gasteiger partial charge is 0.407 e. The number of hydrogen-bond donors (Lipinski definition) is 2. The molecule has 0 bridgehead atoms. The third-order valence-corrected chi connectivity index (χ3v) is 3.24. The molecule has 2 N–H and O–H groups in total. The molecule has 1 amide bonds. The largest absolute Gasteiger partial charge is 0.453 e. The van der Waals surface area contributed by atoms with Crippen LogP contribution in [0.1, 0.15) is 31.4 Å². The molecule has 2 atom stereocenters. The van der Waals surface area contributed by atoms with Crippen LogP contribution in [-0.2, 0) is 4.74 Å². The summed E-state index contributed by atoms with van der Waals surface area (Å²) in [5.74, 6) is -0.304. The minimum Gasteiger partial charge on any atom is -0.453 e. The van der Waals surface area contributed by atoms with Crippen LogP contribution in [0.5, 0.6) is 0 Å². The third-order valence-electron chi connectivity index (χ3n) is 3.24. The molecule has 0 unspecified atom stereocenters. The summed E-state index contributed by atoms with van der Waals surface area (Å²) < 4.78 is 17.9. The molecule has 0 aromatic heterocycles. The average Bonchev–Trinajstić information content (AvgIpc) is 2.38. The number of rotatable bonds is 2. The van der Waals surface area contributed by atoms with Gasteiger partial charge >= 0.3 is 6.09 Å². The molecule has 5 heteroatoms. The van der Waals surface area contributed by atoms with Gasteiger partial charge in [-0.3, -0.25) is 0 Å². The van der Waals surface area contributed by atoms with E-state index in [9.17, 15) is 9.18 Å². The SMILES string of the molecule is CC[C@H]1C[C@@H](NC(=O)OC)c2cc(F)ccc2N1. The van der Waals surface area contributed by atoms with E-state index in [2.05, 4.69) is 22.3 Å². The van der Waals surface area contributed by atoms with E-state index in [1.165, 1.54) is 19.2 Å². The number of nitrogens with one attached hydrogen (secondary N) is 2. The highest BCUT2D eigenvalue weighted by Crippen LogP contribution is 2.34. The molecular weight excluding hydrogens is 235 g/mol. The number of hydrogen-bond acceptors (Lipinski definition) is 3. The number of halogens is 1. The molecule has 1 aliphatic rings. The summed E-state index contributed by atoms with van der Waals surface area (Å²) >= 11 is 0. The van der Waals surface area contributed by atoms with Gasteiger partial charge in [0.05, 0.1) is 13.2 Å². The fraction of sp³-hybridized carbons (Fsp3) is 0.462. The van der Waals surface area contributed by atoms with Gasteiger partial charge in [-0.1, -0.05) is 6.92 Å². The van der Waals surface area contributed by atoms with Crippen molar-refractivity contribution in [3.8, 4) is 0 Å². The zero-order chi connectivity index (χ0) is 13.1. The molecule has 2 rings (SSSR count). The van der Waals surface area contributed by atoms with Crippen molar-refractivity contribution in [1.29, 1.82) is 0 Å². The van der Waals surface area contributed by atoms with Gasteiger partial charge in [0.2, 0.25) is 0 Å². The molecule has 0 radical (unpaired) electrons. The minimum atomic E-state index is -0.494. The predicted octanol–water partition coefficient (Wildman–Crippen LogP) is 2.82. The van der Waals surface area contributed by atoms with Crippen molar-refractivity contribution in [2.45, 2.75) is 31.8 Å². The third kappa shape index (κ3) is 2.55. The number of carbonyl (C=O) groups is 1. The van der Waals surface area contributed by atoms with Crippen LogP contribution in [-0.4, -0.2) is 19.2 Å². The van der Waals surface area contributed by atoms with E-state index in [1.807, 2.05) is 0 Å². The predicted molar refractivity (Wildman–Crippen MR) is 67.0 cm³/mol. The van der Waals surface area contributed by atoms with Crippen LogP contribution < -0.4 is 10.6 Å². The van der Waals surface area contributed by atoms with Gasteiger partial charge in [0.15, 0.2) is 0 Å². The van der Waals surface area contributed by atoms with Crippen LogP contribution in [0, 0.1) is 5.82 Å². The van der Waals surface area contributed by atoms with Crippen LogP contribution >= 0.6 is 0 Å². The molecule has 98 valence electrons. The Morgan fingerprint density at radius 1 is 1.61 bits per heavy atom. The first kappa shape index (κ1) is 12.7. The maximum Gasteiger partial charge on any atom is 0.407 e. The molecule has 1 aliphatic heterocycles. The molecule has 0 fully saturated rings. The van der Waals surface area contributed by atoms with Crippen molar-refractivity contribution in [3.63, 3.8) is 0 Å². The van der Waals surface area contributed by atoms with E-state index in [4.69, 9.17) is 0 Å². The van der Waals surface area contributed by atoms with Gasteiger partial charge in [-0.2, -0.15) is 0 Å². The molecule has 0 aliphatic carbocycles. The first-order chi connectivity index (χ1) is 8.63. The fourth-order valence-corrected chi connectivity index (χ4v) is 2.25. The second-order valence-corrected chi connectivity index (χ2v) is 4.41. The molecular formula is C13H17FN2O2. The summed E-state index contributed by atoms with van der Waals surface area (Å²) in [6.45, 7) is 2.07. The standard InChI is InChI=1S/C13H17FN2O2/c1-3-9-7-12(16-13(17)18-2)10-6-8(14)4-5-11(10)15-9/h4-6,9,12,15H,3,7H2,1-2H3,(H,16,17)/t9-,12+/m0/s1. The molecule has 1 aromatic carbocycles. The maximum atomic E-state index is 13.3. The van der Waals surface area contributed by atoms with Gasteiger partial charge in [0.25, 0.3) is 0 Å². The number of ether oxygens (including phenoxy) is 1. The summed E-state index contributed by atoms with van der Waals surface area (Å²) in [5, 5.41) is 6.08. The average molecular weight is 252 g/mol. The van der Waals surface area contributed by atoms with E-state index >= 15 is 0 Å². The maximum absolute atomic E-state index is 13.3. The minimum absolute atomic E-state index is 0.214. The lowest BCUT2D eigenvalue weighted by molar-refractivity contribution is 0.165. The Bertz CT molecular complexity index is 451. The first-order valence-corrected chi connectivity index (χ1v) is 6.04. The van der Waals surface area contributed by atoms with E-state index in [0.717, 1.165) is 24.1 Å². The number of benzene rings is 1. The number of methoxy groups -OCH3 is 1. The van der Waals surface area contributed by atoms with Crippen LogP contribution in [0.3, 0.4) is 0 Å². The second-order valence-electron chi connectivity index (χ2n) is 4.41. The van der Waals surface area contributed by atoms with E-state index < -0.39 is 6.09 Å².